The van der Waals surface area contributed by atoms with E-state index < -0.39 is 11.6 Å². The van der Waals surface area contributed by atoms with Gasteiger partial charge in [-0.25, -0.2) is 8.78 Å². The molecule has 0 heterocycles. The van der Waals surface area contributed by atoms with Crippen LogP contribution in [-0.4, -0.2) is 17.5 Å². The number of anilines is 2. The zero-order valence-electron chi connectivity index (χ0n) is 15.5. The van der Waals surface area contributed by atoms with Crippen molar-refractivity contribution in [1.82, 2.24) is 0 Å². The summed E-state index contributed by atoms with van der Waals surface area (Å²) < 4.78 is 26.9. The molecule has 0 aliphatic carbocycles. The van der Waals surface area contributed by atoms with Gasteiger partial charge in [0.05, 0.1) is 17.3 Å². The van der Waals surface area contributed by atoms with Gasteiger partial charge >= 0.3 is 0 Å². The topological polar surface area (TPSA) is 49.3 Å². The maximum Gasteiger partial charge on any atom is 0.194 e. The van der Waals surface area contributed by atoms with E-state index in [9.17, 15) is 13.6 Å². The highest BCUT2D eigenvalue weighted by Gasteiger charge is 2.16. The van der Waals surface area contributed by atoms with E-state index in [-0.39, 0.29) is 23.1 Å². The largest absolute Gasteiger partial charge is 0.392 e. The van der Waals surface area contributed by atoms with E-state index in [1.54, 1.807) is 30.4 Å². The summed E-state index contributed by atoms with van der Waals surface area (Å²) in [4.78, 5) is 13.0. The van der Waals surface area contributed by atoms with Gasteiger partial charge in [0, 0.05) is 22.9 Å². The molecule has 0 aliphatic rings. The molecule has 3 aromatic carbocycles. The summed E-state index contributed by atoms with van der Waals surface area (Å²) in [6, 6.07) is 13.3. The summed E-state index contributed by atoms with van der Waals surface area (Å²) >= 11 is 6.32. The number of hydrogen-bond donors (Lipinski definition) is 2. The van der Waals surface area contributed by atoms with Gasteiger partial charge in [0.2, 0.25) is 0 Å². The zero-order valence-corrected chi connectivity index (χ0v) is 16.3. The molecule has 0 spiro atoms. The number of aliphatic hydroxyl groups is 1. The number of hydrogen-bond acceptors (Lipinski definition) is 3. The first-order chi connectivity index (χ1) is 13.9. The monoisotopic (exact) mass is 413 g/mol. The van der Waals surface area contributed by atoms with Gasteiger partial charge in [0.1, 0.15) is 11.6 Å². The summed E-state index contributed by atoms with van der Waals surface area (Å²) in [7, 11) is 0. The summed E-state index contributed by atoms with van der Waals surface area (Å²) in [5.41, 5.74) is 2.95. The van der Waals surface area contributed by atoms with Crippen LogP contribution in [0.3, 0.4) is 0 Å². The van der Waals surface area contributed by atoms with Crippen molar-refractivity contribution >= 4 is 34.8 Å². The van der Waals surface area contributed by atoms with Crippen LogP contribution < -0.4 is 5.32 Å². The number of aryl methyl sites for hydroxylation is 1. The lowest BCUT2D eigenvalue weighted by Crippen LogP contribution is -2.05. The van der Waals surface area contributed by atoms with Gasteiger partial charge in [-0.1, -0.05) is 35.9 Å². The number of rotatable bonds is 6. The molecule has 0 bridgehead atoms. The summed E-state index contributed by atoms with van der Waals surface area (Å²) in [6.07, 6.45) is 3.31. The van der Waals surface area contributed by atoms with Crippen molar-refractivity contribution in [2.75, 3.05) is 11.9 Å². The van der Waals surface area contributed by atoms with Crippen LogP contribution in [0.5, 0.6) is 0 Å². The molecule has 0 amide bonds. The van der Waals surface area contributed by atoms with Crippen LogP contribution in [0.4, 0.5) is 20.2 Å². The van der Waals surface area contributed by atoms with E-state index in [0.717, 1.165) is 23.3 Å². The summed E-state index contributed by atoms with van der Waals surface area (Å²) in [5.74, 6) is -1.64. The first-order valence-corrected chi connectivity index (χ1v) is 9.21. The Bertz CT molecular complexity index is 1100. The molecule has 0 radical (unpaired) electrons. The van der Waals surface area contributed by atoms with E-state index in [1.807, 2.05) is 19.1 Å². The molecule has 0 saturated carbocycles. The quantitative estimate of drug-likeness (QED) is 0.494. The fourth-order valence-electron chi connectivity index (χ4n) is 2.85. The van der Waals surface area contributed by atoms with Crippen LogP contribution in [0.1, 0.15) is 27.0 Å². The van der Waals surface area contributed by atoms with Crippen molar-refractivity contribution in [3.05, 3.63) is 99.6 Å². The van der Waals surface area contributed by atoms with E-state index >= 15 is 0 Å². The fraction of sp³-hybridized carbons (Fsp3) is 0.0870. The number of carbonyl (C=O) groups excluding carboxylic acids is 1. The van der Waals surface area contributed by atoms with Crippen LogP contribution >= 0.6 is 11.6 Å². The Labute approximate surface area is 172 Å². The summed E-state index contributed by atoms with van der Waals surface area (Å²) in [5, 5.41) is 11.9. The van der Waals surface area contributed by atoms with Crippen molar-refractivity contribution < 1.29 is 18.7 Å². The minimum atomic E-state index is -0.732. The van der Waals surface area contributed by atoms with Crippen LogP contribution in [0, 0.1) is 18.6 Å². The smallest absolute Gasteiger partial charge is 0.194 e. The lowest BCUT2D eigenvalue weighted by Gasteiger charge is -2.11. The average molecular weight is 414 g/mol. The molecule has 29 heavy (non-hydrogen) atoms. The molecule has 6 heteroatoms. The molecule has 0 saturated heterocycles. The minimum absolute atomic E-state index is 0.0912. The molecule has 0 aromatic heterocycles. The molecule has 0 atom stereocenters. The second-order valence-electron chi connectivity index (χ2n) is 6.43. The number of aliphatic hydroxyl groups excluding tert-OH is 1. The van der Waals surface area contributed by atoms with Gasteiger partial charge in [-0.05, 0) is 54.4 Å². The lowest BCUT2D eigenvalue weighted by molar-refractivity contribution is 0.103. The normalized spacial score (nSPS) is 11.1. The third-order valence-corrected chi connectivity index (χ3v) is 4.66. The number of carbonyl (C=O) groups is 1. The molecular formula is C23H18ClF2NO2. The molecule has 0 aliphatic heterocycles. The molecule has 148 valence electrons. The van der Waals surface area contributed by atoms with E-state index in [2.05, 4.69) is 5.32 Å². The first-order valence-electron chi connectivity index (χ1n) is 8.83. The predicted octanol–water partition coefficient (Wildman–Crippen LogP) is 5.91. The standard InChI is InChI=1S/C23H18ClF2NO2/c1-14-4-5-15(3-2-10-28)11-19(14)23(29)18-8-7-17(13-20(18)24)27-22-9-6-16(25)12-21(22)26/h2-9,11-13,27-28H,10H2,1H3/b3-2+. The number of benzene rings is 3. The van der Waals surface area contributed by atoms with Crippen molar-refractivity contribution in [3.63, 3.8) is 0 Å². The minimum Gasteiger partial charge on any atom is -0.392 e. The Morgan fingerprint density at radius 3 is 2.55 bits per heavy atom. The number of halogens is 3. The molecular weight excluding hydrogens is 396 g/mol. The van der Waals surface area contributed by atoms with Crippen molar-refractivity contribution in [3.8, 4) is 0 Å². The van der Waals surface area contributed by atoms with Crippen molar-refractivity contribution in [2.45, 2.75) is 6.92 Å². The Hall–Kier alpha value is -3.02. The molecule has 0 fully saturated rings. The average Bonchev–Trinajstić information content (AvgIpc) is 2.69. The van der Waals surface area contributed by atoms with Gasteiger partial charge < -0.3 is 10.4 Å². The Morgan fingerprint density at radius 2 is 1.86 bits per heavy atom. The highest BCUT2D eigenvalue weighted by atomic mass is 35.5. The maximum atomic E-state index is 13.8. The van der Waals surface area contributed by atoms with Crippen LogP contribution in [-0.2, 0) is 0 Å². The predicted molar refractivity (Wildman–Crippen MR) is 112 cm³/mol. The van der Waals surface area contributed by atoms with Gasteiger partial charge in [0.15, 0.2) is 5.78 Å². The Morgan fingerprint density at radius 1 is 1.07 bits per heavy atom. The van der Waals surface area contributed by atoms with Gasteiger partial charge in [-0.15, -0.1) is 0 Å². The third kappa shape index (κ3) is 4.88. The number of ketones is 1. The second kappa shape index (κ2) is 8.99. The van der Waals surface area contributed by atoms with Crippen LogP contribution in [0.15, 0.2) is 60.7 Å². The van der Waals surface area contributed by atoms with Gasteiger partial charge in [0.25, 0.3) is 0 Å². The molecule has 0 unspecified atom stereocenters. The SMILES string of the molecule is Cc1ccc(/C=C/CO)cc1C(=O)c1ccc(Nc2ccc(F)cc2F)cc1Cl. The Kier molecular flexibility index (Phi) is 6.42. The Balaban J connectivity index is 1.88. The van der Waals surface area contributed by atoms with E-state index in [0.29, 0.717) is 16.8 Å². The van der Waals surface area contributed by atoms with Gasteiger partial charge in [-0.2, -0.15) is 0 Å². The highest BCUT2D eigenvalue weighted by Crippen LogP contribution is 2.28. The fourth-order valence-corrected chi connectivity index (χ4v) is 3.11. The van der Waals surface area contributed by atoms with Crippen LogP contribution in [0.2, 0.25) is 5.02 Å². The molecule has 2 N–H and O–H groups in total. The maximum absolute atomic E-state index is 13.8. The molecule has 3 rings (SSSR count). The van der Waals surface area contributed by atoms with Crippen molar-refractivity contribution in [2.24, 2.45) is 0 Å². The number of nitrogens with one attached hydrogen (secondary N) is 1. The second-order valence-corrected chi connectivity index (χ2v) is 6.84. The van der Waals surface area contributed by atoms with E-state index in [4.69, 9.17) is 16.7 Å². The highest BCUT2D eigenvalue weighted by molar-refractivity contribution is 6.35. The lowest BCUT2D eigenvalue weighted by atomic mass is 9.96. The summed E-state index contributed by atoms with van der Waals surface area (Å²) in [6.45, 7) is 1.74. The third-order valence-electron chi connectivity index (χ3n) is 4.35. The zero-order chi connectivity index (χ0) is 21.0. The van der Waals surface area contributed by atoms with Gasteiger partial charge in [-0.3, -0.25) is 4.79 Å². The first kappa shape index (κ1) is 20.7. The molecule has 3 aromatic rings. The van der Waals surface area contributed by atoms with Crippen LogP contribution in [0.25, 0.3) is 6.08 Å². The van der Waals surface area contributed by atoms with Crippen molar-refractivity contribution in [1.29, 1.82) is 0 Å². The van der Waals surface area contributed by atoms with E-state index in [1.165, 1.54) is 12.1 Å². The molecule has 3 nitrogen and oxygen atoms in total.